The summed E-state index contributed by atoms with van der Waals surface area (Å²) in [5.74, 6) is 0.753. The number of aliphatic hydroxyl groups is 1. The van der Waals surface area contributed by atoms with Gasteiger partial charge in [0.15, 0.2) is 0 Å². The van der Waals surface area contributed by atoms with Crippen molar-refractivity contribution in [1.82, 2.24) is 10.3 Å². The van der Waals surface area contributed by atoms with Crippen LogP contribution >= 0.6 is 11.3 Å². The molecule has 2 N–H and O–H groups in total. The second kappa shape index (κ2) is 5.05. The summed E-state index contributed by atoms with van der Waals surface area (Å²) in [5.41, 5.74) is 1.12. The summed E-state index contributed by atoms with van der Waals surface area (Å²) >= 11 is 1.77. The lowest BCUT2D eigenvalue weighted by atomic mass is 10.2. The minimum absolute atomic E-state index is 0.204. The molecule has 1 aromatic rings. The summed E-state index contributed by atoms with van der Waals surface area (Å²) in [6.45, 7) is 3.06. The smallest absolute Gasteiger partial charge is 0.0959 e. The molecule has 3 nitrogen and oxygen atoms in total. The third-order valence-corrected chi connectivity index (χ3v) is 3.84. The third kappa shape index (κ3) is 3.00. The summed E-state index contributed by atoms with van der Waals surface area (Å²) in [5, 5.41) is 15.8. The van der Waals surface area contributed by atoms with E-state index >= 15 is 0 Å². The van der Waals surface area contributed by atoms with Crippen molar-refractivity contribution < 1.29 is 5.11 Å². The highest BCUT2D eigenvalue weighted by atomic mass is 32.1. The Morgan fingerprint density at radius 3 is 3.07 bits per heavy atom. The third-order valence-electron chi connectivity index (χ3n) is 2.78. The molecule has 1 heterocycles. The van der Waals surface area contributed by atoms with Gasteiger partial charge in [-0.1, -0.05) is 6.92 Å². The van der Waals surface area contributed by atoms with Gasteiger partial charge in [-0.05, 0) is 19.3 Å². The molecule has 1 aliphatic rings. The predicted octanol–water partition coefficient (Wildman–Crippen LogP) is 1.88. The van der Waals surface area contributed by atoms with E-state index in [-0.39, 0.29) is 12.6 Å². The Kier molecular flexibility index (Phi) is 3.72. The van der Waals surface area contributed by atoms with Crippen LogP contribution in [-0.4, -0.2) is 22.7 Å². The second-order valence-corrected chi connectivity index (χ2v) is 5.01. The standard InChI is InChI=1S/C11H18N2OS/c1-2-9(6-14)12-5-10-7-15-11(13-10)8-3-4-8/h7-9,12,14H,2-6H2,1H3/t9-/m1/s1. The summed E-state index contributed by atoms with van der Waals surface area (Å²) in [4.78, 5) is 4.59. The second-order valence-electron chi connectivity index (χ2n) is 4.12. The van der Waals surface area contributed by atoms with Crippen LogP contribution in [-0.2, 0) is 6.54 Å². The highest BCUT2D eigenvalue weighted by Gasteiger charge is 2.26. The van der Waals surface area contributed by atoms with E-state index < -0.39 is 0 Å². The quantitative estimate of drug-likeness (QED) is 0.778. The molecule has 0 spiro atoms. The van der Waals surface area contributed by atoms with E-state index in [0.29, 0.717) is 0 Å². The number of hydrogen-bond donors (Lipinski definition) is 2. The summed E-state index contributed by atoms with van der Waals surface area (Å²) in [7, 11) is 0. The van der Waals surface area contributed by atoms with Crippen LogP contribution in [0.25, 0.3) is 0 Å². The number of nitrogens with one attached hydrogen (secondary N) is 1. The Bertz CT molecular complexity index is 305. The van der Waals surface area contributed by atoms with Crippen LogP contribution in [0.4, 0.5) is 0 Å². The van der Waals surface area contributed by atoms with Gasteiger partial charge in [0.1, 0.15) is 0 Å². The Morgan fingerprint density at radius 2 is 2.47 bits per heavy atom. The Labute approximate surface area is 94.5 Å². The van der Waals surface area contributed by atoms with E-state index in [1.54, 1.807) is 11.3 Å². The van der Waals surface area contributed by atoms with Crippen LogP contribution in [0.2, 0.25) is 0 Å². The number of aromatic nitrogens is 1. The molecule has 1 aliphatic carbocycles. The molecule has 1 saturated carbocycles. The van der Waals surface area contributed by atoms with Gasteiger partial charge >= 0.3 is 0 Å². The highest BCUT2D eigenvalue weighted by molar-refractivity contribution is 7.09. The van der Waals surface area contributed by atoms with Crippen molar-refractivity contribution >= 4 is 11.3 Å². The van der Waals surface area contributed by atoms with Crippen molar-refractivity contribution in [3.05, 3.63) is 16.1 Å². The molecule has 0 unspecified atom stereocenters. The van der Waals surface area contributed by atoms with Gasteiger partial charge in [-0.25, -0.2) is 4.98 Å². The van der Waals surface area contributed by atoms with Crippen molar-refractivity contribution in [2.24, 2.45) is 0 Å². The lowest BCUT2D eigenvalue weighted by molar-refractivity contribution is 0.238. The maximum atomic E-state index is 9.03. The van der Waals surface area contributed by atoms with Crippen molar-refractivity contribution in [3.8, 4) is 0 Å². The molecular weight excluding hydrogens is 208 g/mol. The van der Waals surface area contributed by atoms with Gasteiger partial charge in [0, 0.05) is 23.9 Å². The fourth-order valence-corrected chi connectivity index (χ4v) is 2.50. The first kappa shape index (κ1) is 11.0. The van der Waals surface area contributed by atoms with Gasteiger partial charge in [-0.15, -0.1) is 11.3 Å². The molecule has 0 aromatic carbocycles. The maximum Gasteiger partial charge on any atom is 0.0959 e. The molecule has 2 rings (SSSR count). The van der Waals surface area contributed by atoms with E-state index in [1.165, 1.54) is 17.8 Å². The topological polar surface area (TPSA) is 45.1 Å². The minimum Gasteiger partial charge on any atom is -0.395 e. The number of thiazole rings is 1. The SMILES string of the molecule is CC[C@H](CO)NCc1csc(C2CC2)n1. The lowest BCUT2D eigenvalue weighted by Gasteiger charge is -2.12. The average molecular weight is 226 g/mol. The number of aliphatic hydroxyl groups excluding tert-OH is 1. The Hall–Kier alpha value is -0.450. The molecule has 0 saturated heterocycles. The molecule has 0 radical (unpaired) electrons. The normalized spacial score (nSPS) is 18.0. The van der Waals surface area contributed by atoms with Crippen molar-refractivity contribution in [3.63, 3.8) is 0 Å². The van der Waals surface area contributed by atoms with Gasteiger partial charge in [0.05, 0.1) is 17.3 Å². The molecule has 4 heteroatoms. The molecule has 0 aliphatic heterocycles. The number of rotatable bonds is 6. The highest BCUT2D eigenvalue weighted by Crippen LogP contribution is 2.41. The lowest BCUT2D eigenvalue weighted by Crippen LogP contribution is -2.31. The molecule has 15 heavy (non-hydrogen) atoms. The zero-order valence-corrected chi connectivity index (χ0v) is 9.89. The van der Waals surface area contributed by atoms with Crippen molar-refractivity contribution in [2.75, 3.05) is 6.61 Å². The largest absolute Gasteiger partial charge is 0.395 e. The number of hydrogen-bond acceptors (Lipinski definition) is 4. The van der Waals surface area contributed by atoms with Crippen LogP contribution in [0.1, 0.15) is 42.8 Å². The van der Waals surface area contributed by atoms with Gasteiger partial charge < -0.3 is 10.4 Å². The summed E-state index contributed by atoms with van der Waals surface area (Å²) < 4.78 is 0. The first-order chi connectivity index (χ1) is 7.33. The van der Waals surface area contributed by atoms with Gasteiger partial charge in [0.25, 0.3) is 0 Å². The van der Waals surface area contributed by atoms with E-state index in [1.807, 2.05) is 0 Å². The minimum atomic E-state index is 0.204. The van der Waals surface area contributed by atoms with E-state index in [9.17, 15) is 0 Å². The van der Waals surface area contributed by atoms with E-state index in [0.717, 1.165) is 24.6 Å². The van der Waals surface area contributed by atoms with Crippen LogP contribution in [0.3, 0.4) is 0 Å². The van der Waals surface area contributed by atoms with Crippen LogP contribution in [0, 0.1) is 0 Å². The van der Waals surface area contributed by atoms with Gasteiger partial charge in [-0.3, -0.25) is 0 Å². The zero-order valence-electron chi connectivity index (χ0n) is 9.07. The average Bonchev–Trinajstić information content (AvgIpc) is 3.01. The Morgan fingerprint density at radius 1 is 1.67 bits per heavy atom. The molecular formula is C11H18N2OS. The summed E-state index contributed by atoms with van der Waals surface area (Å²) in [6, 6.07) is 0.205. The molecule has 1 atom stereocenters. The molecule has 84 valence electrons. The first-order valence-electron chi connectivity index (χ1n) is 5.62. The fraction of sp³-hybridized carbons (Fsp3) is 0.727. The van der Waals surface area contributed by atoms with Crippen LogP contribution in [0.5, 0.6) is 0 Å². The fourth-order valence-electron chi connectivity index (χ4n) is 1.51. The molecule has 0 bridgehead atoms. The van der Waals surface area contributed by atoms with E-state index in [4.69, 9.17) is 5.11 Å². The molecule has 1 fully saturated rings. The maximum absolute atomic E-state index is 9.03. The monoisotopic (exact) mass is 226 g/mol. The first-order valence-corrected chi connectivity index (χ1v) is 6.50. The van der Waals surface area contributed by atoms with Crippen LogP contribution in [0.15, 0.2) is 5.38 Å². The zero-order chi connectivity index (χ0) is 10.7. The Balaban J connectivity index is 1.82. The number of nitrogens with zero attached hydrogens (tertiary/aromatic N) is 1. The van der Waals surface area contributed by atoms with Gasteiger partial charge in [-0.2, -0.15) is 0 Å². The molecule has 0 amide bonds. The van der Waals surface area contributed by atoms with Crippen molar-refractivity contribution in [2.45, 2.75) is 44.7 Å². The van der Waals surface area contributed by atoms with Crippen molar-refractivity contribution in [1.29, 1.82) is 0 Å². The predicted molar refractivity (Wildman–Crippen MR) is 62.1 cm³/mol. The van der Waals surface area contributed by atoms with Gasteiger partial charge in [0.2, 0.25) is 0 Å². The van der Waals surface area contributed by atoms with E-state index in [2.05, 4.69) is 22.6 Å². The summed E-state index contributed by atoms with van der Waals surface area (Å²) in [6.07, 6.45) is 3.58. The van der Waals surface area contributed by atoms with Crippen LogP contribution < -0.4 is 5.32 Å². The molecule has 1 aromatic heterocycles.